The minimum absolute atomic E-state index is 0.00232. The lowest BCUT2D eigenvalue weighted by Crippen LogP contribution is -2.29. The van der Waals surface area contributed by atoms with Crippen LogP contribution in [0.1, 0.15) is 36.1 Å². The third-order valence-corrected chi connectivity index (χ3v) is 5.43. The molecule has 13 heteroatoms. The summed E-state index contributed by atoms with van der Waals surface area (Å²) in [6.07, 6.45) is 1.33. The number of benzene rings is 1. The van der Waals surface area contributed by atoms with E-state index in [1.54, 1.807) is 17.7 Å². The van der Waals surface area contributed by atoms with Crippen LogP contribution in [0.25, 0.3) is 5.82 Å². The molecule has 0 radical (unpaired) electrons. The molecule has 0 saturated carbocycles. The summed E-state index contributed by atoms with van der Waals surface area (Å²) < 4.78 is 41.2. The van der Waals surface area contributed by atoms with Gasteiger partial charge in [0.1, 0.15) is 6.33 Å². The Labute approximate surface area is 186 Å². The second-order valence-electron chi connectivity index (χ2n) is 6.34. The molecular weight excluding hydrogens is 472 g/mol. The highest BCUT2D eigenvalue weighted by Gasteiger charge is 2.30. The van der Waals surface area contributed by atoms with Crippen molar-refractivity contribution < 1.29 is 18.0 Å². The molecular formula is C18H17ClF3N6OPS. The van der Waals surface area contributed by atoms with Crippen molar-refractivity contribution in [1.82, 2.24) is 29.9 Å². The molecule has 0 aliphatic rings. The van der Waals surface area contributed by atoms with Crippen molar-refractivity contribution >= 4 is 38.1 Å². The molecule has 0 aliphatic carbocycles. The van der Waals surface area contributed by atoms with Gasteiger partial charge in [0.15, 0.2) is 11.6 Å². The lowest BCUT2D eigenvalue weighted by molar-refractivity contribution is -0.0328. The van der Waals surface area contributed by atoms with Gasteiger partial charge in [0.2, 0.25) is 0 Å². The zero-order valence-electron chi connectivity index (χ0n) is 16.3. The highest BCUT2D eigenvalue weighted by molar-refractivity contribution is 8.00. The Morgan fingerprint density at radius 1 is 1.32 bits per heavy atom. The molecule has 3 rings (SSSR count). The molecule has 0 fully saturated rings. The maximum atomic E-state index is 12.7. The van der Waals surface area contributed by atoms with Crippen LogP contribution in [-0.2, 0) is 6.54 Å². The number of hydrogen-bond acceptors (Lipinski definition) is 5. The Morgan fingerprint density at radius 2 is 2.06 bits per heavy atom. The number of carbonyl (C=O) groups is 1. The van der Waals surface area contributed by atoms with Gasteiger partial charge in [-0.1, -0.05) is 20.5 Å². The predicted octanol–water partition coefficient (Wildman–Crippen LogP) is 4.91. The molecule has 1 N–H and O–H groups in total. The zero-order valence-corrected chi connectivity index (χ0v) is 18.9. The Balaban J connectivity index is 1.83. The van der Waals surface area contributed by atoms with Gasteiger partial charge in [-0.25, -0.2) is 4.98 Å². The minimum Gasteiger partial charge on any atom is -0.342 e. The van der Waals surface area contributed by atoms with Crippen LogP contribution in [0.5, 0.6) is 0 Å². The Hall–Kier alpha value is -2.36. The van der Waals surface area contributed by atoms with Crippen LogP contribution in [0.15, 0.2) is 41.6 Å². The number of aromatic nitrogens is 5. The van der Waals surface area contributed by atoms with Crippen molar-refractivity contribution in [2.45, 2.75) is 36.8 Å². The lowest BCUT2D eigenvalue weighted by Gasteiger charge is -2.15. The van der Waals surface area contributed by atoms with E-state index in [4.69, 9.17) is 11.6 Å². The van der Waals surface area contributed by atoms with Crippen molar-refractivity contribution in [3.05, 3.63) is 58.1 Å². The van der Waals surface area contributed by atoms with Gasteiger partial charge in [0, 0.05) is 22.0 Å². The summed E-state index contributed by atoms with van der Waals surface area (Å²) in [7, 11) is 3.46. The minimum atomic E-state index is -4.49. The van der Waals surface area contributed by atoms with Crippen molar-refractivity contribution in [1.29, 1.82) is 0 Å². The Kier molecular flexibility index (Phi) is 7.08. The number of hydrogen-bond donors (Lipinski definition) is 1. The van der Waals surface area contributed by atoms with E-state index in [1.807, 2.05) is 13.0 Å². The van der Waals surface area contributed by atoms with Crippen molar-refractivity contribution in [3.8, 4) is 5.82 Å². The second kappa shape index (κ2) is 9.42. The fourth-order valence-corrected chi connectivity index (χ4v) is 3.99. The van der Waals surface area contributed by atoms with Gasteiger partial charge >= 0.3 is 5.51 Å². The number of thioether (sulfide) groups is 1. The normalized spacial score (nSPS) is 12.6. The Bertz CT molecular complexity index is 1170. The van der Waals surface area contributed by atoms with Crippen LogP contribution in [0.3, 0.4) is 0 Å². The summed E-state index contributed by atoms with van der Waals surface area (Å²) in [6, 6.07) is 6.51. The van der Waals surface area contributed by atoms with Gasteiger partial charge in [-0.3, -0.25) is 9.48 Å². The summed E-state index contributed by atoms with van der Waals surface area (Å²) in [6.45, 7) is 4.23. The van der Waals surface area contributed by atoms with Crippen molar-refractivity contribution in [2.24, 2.45) is 0 Å². The third kappa shape index (κ3) is 5.87. The first-order chi connectivity index (χ1) is 14.6. The fourth-order valence-electron chi connectivity index (χ4n) is 2.76. The van der Waals surface area contributed by atoms with E-state index in [0.29, 0.717) is 18.2 Å². The van der Waals surface area contributed by atoms with Crippen LogP contribution >= 0.6 is 32.2 Å². The first-order valence-corrected chi connectivity index (χ1v) is 10.7. The van der Waals surface area contributed by atoms with E-state index in [-0.39, 0.29) is 27.2 Å². The molecule has 2 aromatic heterocycles. The summed E-state index contributed by atoms with van der Waals surface area (Å²) in [5.41, 5.74) is -4.49. The number of nitrogens with zero attached hydrogens (tertiary/aromatic N) is 5. The fraction of sp³-hybridized carbons (Fsp3) is 0.278. The van der Waals surface area contributed by atoms with Gasteiger partial charge in [-0.15, -0.1) is 0 Å². The largest absolute Gasteiger partial charge is 0.446 e. The molecule has 164 valence electrons. The number of carbonyl (C=O) groups excluding carboxylic acids is 1. The third-order valence-electron chi connectivity index (χ3n) is 4.08. The number of amides is 1. The molecule has 7 nitrogen and oxygen atoms in total. The summed E-state index contributed by atoms with van der Waals surface area (Å²) >= 11 is 5.57. The number of aryl methyl sites for hydroxylation is 1. The van der Waals surface area contributed by atoms with Crippen LogP contribution < -0.4 is 5.32 Å². The number of alkyl halides is 3. The van der Waals surface area contributed by atoms with Crippen molar-refractivity contribution in [3.63, 3.8) is 0 Å². The average Bonchev–Trinajstić information content (AvgIpc) is 3.16. The smallest absolute Gasteiger partial charge is 0.342 e. The van der Waals surface area contributed by atoms with Gasteiger partial charge in [-0.05, 0) is 55.9 Å². The molecule has 1 atom stereocenters. The highest BCUT2D eigenvalue weighted by atomic mass is 35.5. The summed E-state index contributed by atoms with van der Waals surface area (Å²) in [5, 5.41) is 12.2. The number of nitrogens with one attached hydrogen (secondary N) is 1. The molecule has 0 spiro atoms. The second-order valence-corrected chi connectivity index (χ2v) is 8.43. The molecule has 1 amide bonds. The number of halogens is 4. The molecule has 31 heavy (non-hydrogen) atoms. The molecule has 0 saturated heterocycles. The predicted molar refractivity (Wildman–Crippen MR) is 114 cm³/mol. The van der Waals surface area contributed by atoms with E-state index in [9.17, 15) is 18.0 Å². The van der Waals surface area contributed by atoms with Gasteiger partial charge in [0.05, 0.1) is 11.1 Å². The van der Waals surface area contributed by atoms with Crippen LogP contribution in [0.4, 0.5) is 13.2 Å². The monoisotopic (exact) mass is 488 g/mol. The van der Waals surface area contributed by atoms with E-state index < -0.39 is 17.5 Å². The van der Waals surface area contributed by atoms with E-state index in [2.05, 4.69) is 29.4 Å². The molecule has 0 bridgehead atoms. The molecule has 1 unspecified atom stereocenters. The maximum absolute atomic E-state index is 12.7. The molecule has 3 aromatic rings. The van der Waals surface area contributed by atoms with Crippen LogP contribution in [0.2, 0.25) is 5.02 Å². The van der Waals surface area contributed by atoms with E-state index in [1.165, 1.54) is 17.1 Å². The molecule has 0 aliphatic heterocycles. The highest BCUT2D eigenvalue weighted by Crippen LogP contribution is 2.38. The van der Waals surface area contributed by atoms with Gasteiger partial charge in [-0.2, -0.15) is 28.1 Å². The van der Waals surface area contributed by atoms with E-state index >= 15 is 0 Å². The Morgan fingerprint density at radius 3 is 2.74 bits per heavy atom. The van der Waals surface area contributed by atoms with E-state index in [0.717, 1.165) is 17.2 Å². The standard InChI is InChI=1S/C18H17ClF3N6OPS/c1-3-27-15(30)5-4-14(26-27)28-16(23-9-24-28)10(2)25-17(29)11-6-12(19)8-13(7-11)31-18(20,21)22/h4-10,30H,3H2,1-2H3,(H,25,29). The van der Waals surface area contributed by atoms with Gasteiger partial charge in [0.25, 0.3) is 5.91 Å². The van der Waals surface area contributed by atoms with Crippen LogP contribution in [-0.4, -0.2) is 36.0 Å². The average molecular weight is 489 g/mol. The van der Waals surface area contributed by atoms with Crippen LogP contribution in [0, 0.1) is 5.07 Å². The first kappa shape index (κ1) is 23.3. The lowest BCUT2D eigenvalue weighted by atomic mass is 10.2. The summed E-state index contributed by atoms with van der Waals surface area (Å²) in [5.74, 6) is 0.293. The number of rotatable bonds is 6. The SMILES string of the molecule is CCn1nc(-n2ncnc2C(C)NC(=O)c2cc(Cl)cc(SC(F)(F)F)c2)ccc1=P. The first-order valence-electron chi connectivity index (χ1n) is 8.97. The van der Waals surface area contributed by atoms with Crippen molar-refractivity contribution in [2.75, 3.05) is 0 Å². The maximum Gasteiger partial charge on any atom is 0.446 e. The van der Waals surface area contributed by atoms with Gasteiger partial charge < -0.3 is 5.32 Å². The molecule has 1 aromatic carbocycles. The quantitative estimate of drug-likeness (QED) is 0.394. The zero-order chi connectivity index (χ0) is 22.8. The summed E-state index contributed by atoms with van der Waals surface area (Å²) in [4.78, 5) is 16.7. The topological polar surface area (TPSA) is 77.6 Å². The molecule has 2 heterocycles.